The van der Waals surface area contributed by atoms with E-state index in [9.17, 15) is 4.79 Å². The minimum atomic E-state index is 0.138. The summed E-state index contributed by atoms with van der Waals surface area (Å²) < 4.78 is 0. The third-order valence-electron chi connectivity index (χ3n) is 5.99. The zero-order chi connectivity index (χ0) is 18.9. The Balaban J connectivity index is 1.37. The fourth-order valence-electron chi connectivity index (χ4n) is 4.26. The molecule has 2 fully saturated rings. The van der Waals surface area contributed by atoms with Crippen molar-refractivity contribution < 1.29 is 4.79 Å². The van der Waals surface area contributed by atoms with Crippen molar-refractivity contribution in [3.8, 4) is 0 Å². The van der Waals surface area contributed by atoms with Gasteiger partial charge >= 0.3 is 0 Å². The number of carbonyl (C=O) groups excluding carboxylic acids is 1. The van der Waals surface area contributed by atoms with E-state index in [-0.39, 0.29) is 5.41 Å². The summed E-state index contributed by atoms with van der Waals surface area (Å²) in [6.45, 7) is 7.85. The van der Waals surface area contributed by atoms with E-state index in [2.05, 4.69) is 51.0 Å². The maximum Gasteiger partial charge on any atom is 0.225 e. The van der Waals surface area contributed by atoms with Gasteiger partial charge in [0.1, 0.15) is 5.78 Å². The largest absolute Gasteiger partial charge is 0.338 e. The molecule has 0 radical (unpaired) electrons. The molecule has 2 heterocycles. The summed E-state index contributed by atoms with van der Waals surface area (Å²) in [4.78, 5) is 25.1. The van der Waals surface area contributed by atoms with Crippen LogP contribution in [0.5, 0.6) is 0 Å². The van der Waals surface area contributed by atoms with Gasteiger partial charge in [-0.1, -0.05) is 24.3 Å². The Labute approximate surface area is 161 Å². The number of anilines is 1. The number of ketones is 1. The van der Waals surface area contributed by atoms with Crippen LogP contribution in [0.15, 0.2) is 42.7 Å². The molecule has 2 aromatic rings. The molecule has 0 amide bonds. The molecule has 27 heavy (non-hydrogen) atoms. The summed E-state index contributed by atoms with van der Waals surface area (Å²) in [6, 6.07) is 11.3. The second-order valence-corrected chi connectivity index (χ2v) is 8.17. The van der Waals surface area contributed by atoms with E-state index in [0.29, 0.717) is 18.2 Å². The fourth-order valence-corrected chi connectivity index (χ4v) is 4.26. The predicted molar refractivity (Wildman–Crippen MR) is 107 cm³/mol. The predicted octanol–water partition coefficient (Wildman–Crippen LogP) is 3.20. The van der Waals surface area contributed by atoms with E-state index in [1.165, 1.54) is 11.1 Å². The molecule has 1 aromatic heterocycles. The van der Waals surface area contributed by atoms with Crippen LogP contribution in [0.2, 0.25) is 0 Å². The summed E-state index contributed by atoms with van der Waals surface area (Å²) in [5, 5.41) is 0. The molecule has 0 bridgehead atoms. The molecule has 1 saturated heterocycles. The van der Waals surface area contributed by atoms with Crippen LogP contribution in [0.3, 0.4) is 0 Å². The molecule has 0 N–H and O–H groups in total. The van der Waals surface area contributed by atoms with E-state index in [1.54, 1.807) is 19.3 Å². The van der Waals surface area contributed by atoms with Gasteiger partial charge in [0.25, 0.3) is 0 Å². The Morgan fingerprint density at radius 3 is 2.44 bits per heavy atom. The van der Waals surface area contributed by atoms with Crippen molar-refractivity contribution in [2.24, 2.45) is 0 Å². The van der Waals surface area contributed by atoms with Crippen LogP contribution in [0.25, 0.3) is 0 Å². The summed E-state index contributed by atoms with van der Waals surface area (Å²) in [7, 11) is 0. The first-order valence-corrected chi connectivity index (χ1v) is 9.91. The van der Waals surface area contributed by atoms with Crippen LogP contribution in [0, 0.1) is 0 Å². The van der Waals surface area contributed by atoms with Crippen molar-refractivity contribution in [2.45, 2.75) is 51.1 Å². The Hall–Kier alpha value is -2.27. The summed E-state index contributed by atoms with van der Waals surface area (Å²) in [6.07, 6.45) is 6.59. The van der Waals surface area contributed by atoms with Gasteiger partial charge in [-0.15, -0.1) is 0 Å². The number of Topliss-reactive ketones (excluding diaryl/α,β-unsaturated/α-hetero) is 1. The van der Waals surface area contributed by atoms with Crippen LogP contribution in [-0.2, 0) is 16.8 Å². The molecule has 1 atom stereocenters. The number of aromatic nitrogens is 2. The lowest BCUT2D eigenvalue weighted by Crippen LogP contribution is -2.51. The van der Waals surface area contributed by atoms with Crippen LogP contribution in [-0.4, -0.2) is 46.3 Å². The Kier molecular flexibility index (Phi) is 4.96. The maximum atomic E-state index is 11.5. The van der Waals surface area contributed by atoms with Crippen LogP contribution in [0.1, 0.15) is 44.2 Å². The minimum Gasteiger partial charge on any atom is -0.338 e. The highest BCUT2D eigenvalue weighted by molar-refractivity contribution is 5.78. The third-order valence-corrected chi connectivity index (χ3v) is 5.99. The number of hydrogen-bond donors (Lipinski definition) is 0. The van der Waals surface area contributed by atoms with Crippen molar-refractivity contribution >= 4 is 11.7 Å². The van der Waals surface area contributed by atoms with E-state index in [1.807, 2.05) is 6.07 Å². The van der Waals surface area contributed by atoms with Gasteiger partial charge in [-0.2, -0.15) is 0 Å². The number of rotatable bonds is 6. The topological polar surface area (TPSA) is 49.3 Å². The molecule has 1 aliphatic heterocycles. The Morgan fingerprint density at radius 1 is 1.15 bits per heavy atom. The highest BCUT2D eigenvalue weighted by Crippen LogP contribution is 2.51. The fraction of sp³-hybridized carbons (Fsp3) is 0.500. The monoisotopic (exact) mass is 364 g/mol. The Morgan fingerprint density at radius 2 is 1.85 bits per heavy atom. The number of benzene rings is 1. The van der Waals surface area contributed by atoms with E-state index < -0.39 is 0 Å². The lowest BCUT2D eigenvalue weighted by Gasteiger charge is -2.39. The zero-order valence-corrected chi connectivity index (χ0v) is 16.3. The van der Waals surface area contributed by atoms with Gasteiger partial charge in [0.2, 0.25) is 5.95 Å². The first-order chi connectivity index (χ1) is 13.1. The molecule has 1 aliphatic carbocycles. The lowest BCUT2D eigenvalue weighted by molar-refractivity contribution is -0.117. The quantitative estimate of drug-likeness (QED) is 0.788. The Bertz CT molecular complexity index is 786. The van der Waals surface area contributed by atoms with Crippen LogP contribution < -0.4 is 4.90 Å². The smallest absolute Gasteiger partial charge is 0.225 e. The summed E-state index contributed by atoms with van der Waals surface area (Å²) in [5.41, 5.74) is 2.81. The van der Waals surface area contributed by atoms with Gasteiger partial charge in [0.05, 0.1) is 0 Å². The van der Waals surface area contributed by atoms with Crippen molar-refractivity contribution in [1.82, 2.24) is 14.9 Å². The molecule has 4 rings (SSSR count). The van der Waals surface area contributed by atoms with Crippen molar-refractivity contribution in [2.75, 3.05) is 24.5 Å². The van der Waals surface area contributed by atoms with Crippen molar-refractivity contribution in [3.05, 3.63) is 53.9 Å². The average molecular weight is 364 g/mol. The molecule has 5 nitrogen and oxygen atoms in total. The molecule has 1 aromatic carbocycles. The van der Waals surface area contributed by atoms with Crippen molar-refractivity contribution in [3.63, 3.8) is 0 Å². The lowest BCUT2D eigenvalue weighted by atomic mass is 9.90. The first-order valence-electron chi connectivity index (χ1n) is 9.91. The highest BCUT2D eigenvalue weighted by atomic mass is 16.1. The molecule has 0 unspecified atom stereocenters. The minimum absolute atomic E-state index is 0.138. The van der Waals surface area contributed by atoms with Gasteiger partial charge in [-0.05, 0) is 43.9 Å². The second-order valence-electron chi connectivity index (χ2n) is 8.17. The van der Waals surface area contributed by atoms with Crippen LogP contribution >= 0.6 is 0 Å². The molecule has 2 aliphatic rings. The molecule has 0 spiro atoms. The standard InChI is InChI=1S/C22H28N4O/c1-17-15-26(21-23-10-3-11-24-21)13-12-25(17)16-19-4-6-20(7-5-19)22(8-9-22)14-18(2)27/h3-7,10-11,17H,8-9,12-16H2,1-2H3/t17-/m1/s1. The number of carbonyl (C=O) groups is 1. The molecule has 142 valence electrons. The first kappa shape index (κ1) is 18.1. The molecule has 5 heteroatoms. The molecule has 1 saturated carbocycles. The molecular weight excluding hydrogens is 336 g/mol. The summed E-state index contributed by atoms with van der Waals surface area (Å²) >= 11 is 0. The zero-order valence-electron chi connectivity index (χ0n) is 16.3. The second kappa shape index (κ2) is 7.39. The maximum absolute atomic E-state index is 11.5. The van der Waals surface area contributed by atoms with Crippen LogP contribution in [0.4, 0.5) is 5.95 Å². The van der Waals surface area contributed by atoms with Gasteiger partial charge in [0, 0.05) is 56.5 Å². The highest BCUT2D eigenvalue weighted by Gasteiger charge is 2.44. The van der Waals surface area contributed by atoms with Crippen molar-refractivity contribution in [1.29, 1.82) is 0 Å². The summed E-state index contributed by atoms with van der Waals surface area (Å²) in [5.74, 6) is 1.12. The third kappa shape index (κ3) is 4.03. The normalized spacial score (nSPS) is 21.9. The number of piperazine rings is 1. The van der Waals surface area contributed by atoms with Gasteiger partial charge in [-0.3, -0.25) is 9.69 Å². The van der Waals surface area contributed by atoms with E-state index >= 15 is 0 Å². The number of hydrogen-bond acceptors (Lipinski definition) is 5. The van der Waals surface area contributed by atoms with E-state index in [4.69, 9.17) is 0 Å². The molecular formula is C22H28N4O. The van der Waals surface area contributed by atoms with Gasteiger partial charge in [0.15, 0.2) is 0 Å². The van der Waals surface area contributed by atoms with Gasteiger partial charge in [-0.25, -0.2) is 9.97 Å². The average Bonchev–Trinajstić information content (AvgIpc) is 3.44. The van der Waals surface area contributed by atoms with Gasteiger partial charge < -0.3 is 4.90 Å². The number of nitrogens with zero attached hydrogens (tertiary/aromatic N) is 4. The SMILES string of the molecule is CC(=O)CC1(c2ccc(CN3CCN(c4ncccn4)C[C@H]3C)cc2)CC1. The van der Waals surface area contributed by atoms with E-state index in [0.717, 1.165) is 45.0 Å².